The third kappa shape index (κ3) is 5.31. The summed E-state index contributed by atoms with van der Waals surface area (Å²) in [5.41, 5.74) is 2.09. The summed E-state index contributed by atoms with van der Waals surface area (Å²) < 4.78 is 0. The highest BCUT2D eigenvalue weighted by atomic mass is 16.2. The molecule has 0 bridgehead atoms. The van der Waals surface area contributed by atoms with Crippen LogP contribution < -0.4 is 5.32 Å². The highest BCUT2D eigenvalue weighted by Gasteiger charge is 2.48. The van der Waals surface area contributed by atoms with Crippen LogP contribution in [0.5, 0.6) is 0 Å². The van der Waals surface area contributed by atoms with Gasteiger partial charge in [-0.15, -0.1) is 0 Å². The SMILES string of the molecule is C[C@H](CCc1ccccc1)N1C(=O)c2ccccc2C[C@]1(C)C(=O)NC1CCCCCCC1. The van der Waals surface area contributed by atoms with E-state index in [4.69, 9.17) is 0 Å². The maximum atomic E-state index is 13.8. The summed E-state index contributed by atoms with van der Waals surface area (Å²) in [6.07, 6.45) is 10.5. The number of carbonyl (C=O) groups is 2. The first kappa shape index (κ1) is 23.5. The molecule has 4 heteroatoms. The first-order valence-electron chi connectivity index (χ1n) is 12.8. The van der Waals surface area contributed by atoms with Crippen molar-refractivity contribution in [2.24, 2.45) is 0 Å². The minimum atomic E-state index is -0.885. The number of rotatable bonds is 6. The molecule has 0 unspecified atom stereocenters. The van der Waals surface area contributed by atoms with E-state index in [1.165, 1.54) is 37.7 Å². The van der Waals surface area contributed by atoms with Crippen LogP contribution in [0.2, 0.25) is 0 Å². The predicted molar refractivity (Wildman–Crippen MR) is 133 cm³/mol. The van der Waals surface area contributed by atoms with Crippen LogP contribution in [0.3, 0.4) is 0 Å². The average molecular weight is 447 g/mol. The van der Waals surface area contributed by atoms with Crippen molar-refractivity contribution in [1.29, 1.82) is 0 Å². The molecular weight excluding hydrogens is 408 g/mol. The average Bonchev–Trinajstić information content (AvgIpc) is 2.80. The molecule has 176 valence electrons. The Balaban J connectivity index is 1.57. The Bertz CT molecular complexity index is 949. The summed E-state index contributed by atoms with van der Waals surface area (Å²) in [6.45, 7) is 4.06. The molecule has 1 fully saturated rings. The summed E-state index contributed by atoms with van der Waals surface area (Å²) >= 11 is 0. The minimum absolute atomic E-state index is 0.00230. The van der Waals surface area contributed by atoms with Crippen LogP contribution in [0.25, 0.3) is 0 Å². The molecule has 2 aromatic carbocycles. The summed E-state index contributed by atoms with van der Waals surface area (Å²) in [5.74, 6) is -0.0183. The van der Waals surface area contributed by atoms with Crippen LogP contribution in [-0.4, -0.2) is 34.3 Å². The Morgan fingerprint density at radius 1 is 1.00 bits per heavy atom. The Labute approximate surface area is 198 Å². The van der Waals surface area contributed by atoms with Gasteiger partial charge in [-0.3, -0.25) is 9.59 Å². The lowest BCUT2D eigenvalue weighted by molar-refractivity contribution is -0.133. The molecule has 2 aromatic rings. The van der Waals surface area contributed by atoms with E-state index in [-0.39, 0.29) is 23.9 Å². The van der Waals surface area contributed by atoms with Gasteiger partial charge in [-0.2, -0.15) is 0 Å². The summed E-state index contributed by atoms with van der Waals surface area (Å²) in [4.78, 5) is 29.4. The molecule has 0 saturated heterocycles. The highest BCUT2D eigenvalue weighted by Crippen LogP contribution is 2.34. The van der Waals surface area contributed by atoms with Crippen molar-refractivity contribution >= 4 is 11.8 Å². The van der Waals surface area contributed by atoms with E-state index in [1.807, 2.05) is 42.2 Å². The van der Waals surface area contributed by atoms with E-state index in [1.54, 1.807) is 0 Å². The van der Waals surface area contributed by atoms with Gasteiger partial charge in [0, 0.05) is 24.1 Å². The predicted octanol–water partition coefficient (Wildman–Crippen LogP) is 5.69. The molecule has 1 heterocycles. The maximum Gasteiger partial charge on any atom is 0.255 e. The maximum absolute atomic E-state index is 13.8. The normalized spacial score (nSPS) is 22.7. The van der Waals surface area contributed by atoms with E-state index < -0.39 is 5.54 Å². The van der Waals surface area contributed by atoms with Gasteiger partial charge < -0.3 is 10.2 Å². The molecule has 1 aliphatic carbocycles. The van der Waals surface area contributed by atoms with Crippen molar-refractivity contribution < 1.29 is 9.59 Å². The standard InChI is InChI=1S/C29H38N2O2/c1-22(19-20-23-13-7-6-8-14-23)31-27(32)26-18-12-11-15-24(26)21-29(31,2)28(33)30-25-16-9-4-3-5-10-17-25/h6-8,11-15,18,22,25H,3-5,9-10,16-17,19-21H2,1-2H3,(H,30,33)/t22-,29-/m1/s1. The monoisotopic (exact) mass is 446 g/mol. The number of aryl methyl sites for hydroxylation is 1. The number of carbonyl (C=O) groups excluding carboxylic acids is 2. The van der Waals surface area contributed by atoms with Gasteiger partial charge in [0.2, 0.25) is 5.91 Å². The Kier molecular flexibility index (Phi) is 7.52. The molecule has 1 aliphatic heterocycles. The molecule has 2 aliphatic rings. The highest BCUT2D eigenvalue weighted by molar-refractivity contribution is 6.02. The van der Waals surface area contributed by atoms with Crippen molar-refractivity contribution in [2.45, 2.75) is 95.7 Å². The fraction of sp³-hybridized carbons (Fsp3) is 0.517. The van der Waals surface area contributed by atoms with Gasteiger partial charge in [0.05, 0.1) is 0 Å². The van der Waals surface area contributed by atoms with Gasteiger partial charge in [-0.05, 0) is 56.7 Å². The van der Waals surface area contributed by atoms with E-state index >= 15 is 0 Å². The third-order valence-electron chi connectivity index (χ3n) is 7.60. The van der Waals surface area contributed by atoms with E-state index in [0.717, 1.165) is 36.8 Å². The number of hydrogen-bond acceptors (Lipinski definition) is 2. The molecule has 0 radical (unpaired) electrons. The number of nitrogens with zero attached hydrogens (tertiary/aromatic N) is 1. The number of amides is 2. The van der Waals surface area contributed by atoms with Gasteiger partial charge in [0.1, 0.15) is 5.54 Å². The molecule has 0 spiro atoms. The number of hydrogen-bond donors (Lipinski definition) is 1. The second-order valence-corrected chi connectivity index (χ2v) is 10.2. The van der Waals surface area contributed by atoms with Crippen LogP contribution in [0.4, 0.5) is 0 Å². The summed E-state index contributed by atoms with van der Waals surface area (Å²) in [7, 11) is 0. The fourth-order valence-corrected chi connectivity index (χ4v) is 5.66. The Morgan fingerprint density at radius 2 is 1.64 bits per heavy atom. The van der Waals surface area contributed by atoms with Crippen LogP contribution in [0.1, 0.15) is 86.7 Å². The molecule has 1 N–H and O–H groups in total. The first-order valence-corrected chi connectivity index (χ1v) is 12.8. The number of nitrogens with one attached hydrogen (secondary N) is 1. The second kappa shape index (κ2) is 10.5. The third-order valence-corrected chi connectivity index (χ3v) is 7.60. The molecule has 0 aromatic heterocycles. The Morgan fingerprint density at radius 3 is 2.36 bits per heavy atom. The zero-order valence-electron chi connectivity index (χ0n) is 20.2. The van der Waals surface area contributed by atoms with Crippen LogP contribution in [0, 0.1) is 0 Å². The largest absolute Gasteiger partial charge is 0.351 e. The lowest BCUT2D eigenvalue weighted by Gasteiger charge is -2.47. The molecule has 4 nitrogen and oxygen atoms in total. The molecule has 4 rings (SSSR count). The van der Waals surface area contributed by atoms with Crippen molar-refractivity contribution in [1.82, 2.24) is 10.2 Å². The van der Waals surface area contributed by atoms with Gasteiger partial charge in [0.15, 0.2) is 0 Å². The van der Waals surface area contributed by atoms with E-state index in [0.29, 0.717) is 6.42 Å². The smallest absolute Gasteiger partial charge is 0.255 e. The van der Waals surface area contributed by atoms with Crippen molar-refractivity contribution in [3.8, 4) is 0 Å². The van der Waals surface area contributed by atoms with Crippen molar-refractivity contribution in [3.05, 3.63) is 71.3 Å². The zero-order chi connectivity index (χ0) is 23.3. The molecule has 1 saturated carbocycles. The summed E-state index contributed by atoms with van der Waals surface area (Å²) in [6, 6.07) is 18.3. The quantitative estimate of drug-likeness (QED) is 0.619. The summed E-state index contributed by atoms with van der Waals surface area (Å²) in [5, 5.41) is 3.37. The topological polar surface area (TPSA) is 49.4 Å². The zero-order valence-corrected chi connectivity index (χ0v) is 20.2. The lowest BCUT2D eigenvalue weighted by atomic mass is 9.81. The van der Waals surface area contributed by atoms with Gasteiger partial charge >= 0.3 is 0 Å². The Hall–Kier alpha value is -2.62. The van der Waals surface area contributed by atoms with Gasteiger partial charge in [-0.1, -0.05) is 80.6 Å². The van der Waals surface area contributed by atoms with Crippen molar-refractivity contribution in [2.75, 3.05) is 0 Å². The molecule has 2 amide bonds. The van der Waals surface area contributed by atoms with E-state index in [9.17, 15) is 9.59 Å². The van der Waals surface area contributed by atoms with Crippen LogP contribution in [0.15, 0.2) is 54.6 Å². The second-order valence-electron chi connectivity index (χ2n) is 10.2. The van der Waals surface area contributed by atoms with Crippen molar-refractivity contribution in [3.63, 3.8) is 0 Å². The minimum Gasteiger partial charge on any atom is -0.351 e. The molecule has 2 atom stereocenters. The number of benzene rings is 2. The molecule has 33 heavy (non-hydrogen) atoms. The fourth-order valence-electron chi connectivity index (χ4n) is 5.66. The van der Waals surface area contributed by atoms with E-state index in [2.05, 4.69) is 36.5 Å². The number of fused-ring (bicyclic) bond motifs is 1. The van der Waals surface area contributed by atoms with Gasteiger partial charge in [-0.25, -0.2) is 0 Å². The van der Waals surface area contributed by atoms with Gasteiger partial charge in [0.25, 0.3) is 5.91 Å². The first-order chi connectivity index (χ1) is 16.0. The van der Waals surface area contributed by atoms with Crippen LogP contribution in [-0.2, 0) is 17.6 Å². The van der Waals surface area contributed by atoms with Crippen LogP contribution >= 0.6 is 0 Å². The molecular formula is C29H38N2O2. The lowest BCUT2D eigenvalue weighted by Crippen LogP contribution is -2.65.